The van der Waals surface area contributed by atoms with E-state index in [9.17, 15) is 4.79 Å². The van der Waals surface area contributed by atoms with Gasteiger partial charge in [-0.25, -0.2) is 4.99 Å². The van der Waals surface area contributed by atoms with Gasteiger partial charge in [-0.05, 0) is 36.6 Å². The normalized spacial score (nSPS) is 16.0. The first-order valence-corrected chi connectivity index (χ1v) is 7.35. The van der Waals surface area contributed by atoms with Gasteiger partial charge < -0.3 is 10.1 Å². The summed E-state index contributed by atoms with van der Waals surface area (Å²) < 4.78 is 5.32. The highest BCUT2D eigenvalue weighted by Gasteiger charge is 2.22. The van der Waals surface area contributed by atoms with Gasteiger partial charge in [0.15, 0.2) is 5.84 Å². The number of benzene rings is 1. The summed E-state index contributed by atoms with van der Waals surface area (Å²) in [4.78, 5) is 17.4. The quantitative estimate of drug-likeness (QED) is 0.886. The van der Waals surface area contributed by atoms with Crippen LogP contribution in [-0.4, -0.2) is 18.9 Å². The number of carbonyl (C=O) groups is 1. The van der Waals surface area contributed by atoms with Gasteiger partial charge in [0.25, 0.3) is 5.91 Å². The van der Waals surface area contributed by atoms with Crippen molar-refractivity contribution in [1.29, 1.82) is 0 Å². The number of ether oxygens (including phenoxy) is 1. The molecule has 1 aromatic heterocycles. The third-order valence-corrected chi connectivity index (χ3v) is 4.01. The molecule has 21 heavy (non-hydrogen) atoms. The number of methoxy groups -OCH3 is 1. The Labute approximate surface area is 126 Å². The standard InChI is InChI=1S/C16H14N2O2S/c1-10-5-6-13(20-2)11(8-10)9-12-16(19)18-15(17-12)14-4-3-7-21-14/h3-9H,1-2H3,(H,17,18,19)/b12-9+. The Morgan fingerprint density at radius 3 is 2.90 bits per heavy atom. The van der Waals surface area contributed by atoms with Gasteiger partial charge in [0.2, 0.25) is 0 Å². The molecule has 0 aliphatic carbocycles. The molecule has 0 fully saturated rings. The van der Waals surface area contributed by atoms with Crippen LogP contribution >= 0.6 is 11.3 Å². The number of hydrogen-bond donors (Lipinski definition) is 1. The van der Waals surface area contributed by atoms with Crippen LogP contribution in [0.3, 0.4) is 0 Å². The summed E-state index contributed by atoms with van der Waals surface area (Å²) in [5, 5.41) is 4.74. The molecule has 106 valence electrons. The molecule has 3 rings (SSSR count). The van der Waals surface area contributed by atoms with Gasteiger partial charge in [0.1, 0.15) is 11.4 Å². The average Bonchev–Trinajstić information content (AvgIpc) is 3.10. The molecule has 0 saturated heterocycles. The zero-order valence-electron chi connectivity index (χ0n) is 11.7. The number of aryl methyl sites for hydroxylation is 1. The van der Waals surface area contributed by atoms with Crippen molar-refractivity contribution in [2.24, 2.45) is 4.99 Å². The maximum absolute atomic E-state index is 12.0. The van der Waals surface area contributed by atoms with Crippen molar-refractivity contribution in [2.45, 2.75) is 6.92 Å². The molecule has 5 heteroatoms. The molecule has 0 unspecified atom stereocenters. The van der Waals surface area contributed by atoms with Crippen LogP contribution in [0.1, 0.15) is 16.0 Å². The molecule has 0 radical (unpaired) electrons. The van der Waals surface area contributed by atoms with Crippen molar-refractivity contribution in [2.75, 3.05) is 7.11 Å². The van der Waals surface area contributed by atoms with E-state index in [1.54, 1.807) is 24.5 Å². The molecule has 0 bridgehead atoms. The van der Waals surface area contributed by atoms with Crippen LogP contribution in [0.5, 0.6) is 5.75 Å². The smallest absolute Gasteiger partial charge is 0.275 e. The lowest BCUT2D eigenvalue weighted by molar-refractivity contribution is -0.115. The maximum atomic E-state index is 12.0. The maximum Gasteiger partial charge on any atom is 0.275 e. The molecular weight excluding hydrogens is 284 g/mol. The fourth-order valence-electron chi connectivity index (χ4n) is 2.11. The van der Waals surface area contributed by atoms with Crippen LogP contribution in [-0.2, 0) is 4.79 Å². The second kappa shape index (κ2) is 5.54. The van der Waals surface area contributed by atoms with Crippen LogP contribution in [0.2, 0.25) is 0 Å². The molecule has 4 nitrogen and oxygen atoms in total. The second-order valence-electron chi connectivity index (χ2n) is 4.67. The molecule has 2 heterocycles. The minimum absolute atomic E-state index is 0.193. The molecule has 1 N–H and O–H groups in total. The number of amidine groups is 1. The number of carbonyl (C=O) groups excluding carboxylic acids is 1. The minimum Gasteiger partial charge on any atom is -0.496 e. The van der Waals surface area contributed by atoms with Gasteiger partial charge in [0, 0.05) is 5.56 Å². The van der Waals surface area contributed by atoms with Gasteiger partial charge in [-0.2, -0.15) is 0 Å². The molecule has 1 aliphatic rings. The van der Waals surface area contributed by atoms with E-state index in [1.807, 2.05) is 42.6 Å². The predicted octanol–water partition coefficient (Wildman–Crippen LogP) is 2.98. The summed E-state index contributed by atoms with van der Waals surface area (Å²) in [6.07, 6.45) is 1.75. The van der Waals surface area contributed by atoms with Crippen molar-refractivity contribution in [3.8, 4) is 5.75 Å². The van der Waals surface area contributed by atoms with Gasteiger partial charge in [-0.1, -0.05) is 17.7 Å². The fraction of sp³-hybridized carbons (Fsp3) is 0.125. The topological polar surface area (TPSA) is 50.7 Å². The van der Waals surface area contributed by atoms with E-state index in [0.717, 1.165) is 21.8 Å². The number of amides is 1. The first kappa shape index (κ1) is 13.6. The van der Waals surface area contributed by atoms with E-state index in [1.165, 1.54) is 0 Å². The second-order valence-corrected chi connectivity index (χ2v) is 5.61. The Kier molecular flexibility index (Phi) is 3.58. The number of nitrogens with one attached hydrogen (secondary N) is 1. The number of rotatable bonds is 3. The number of aliphatic imine (C=N–C) groups is 1. The van der Waals surface area contributed by atoms with Gasteiger partial charge in [-0.3, -0.25) is 4.79 Å². The Morgan fingerprint density at radius 1 is 1.33 bits per heavy atom. The first-order valence-electron chi connectivity index (χ1n) is 6.47. The van der Waals surface area contributed by atoms with Gasteiger partial charge in [0.05, 0.1) is 12.0 Å². The monoisotopic (exact) mass is 298 g/mol. The minimum atomic E-state index is -0.193. The molecule has 1 amide bonds. The Bertz CT molecular complexity index is 746. The van der Waals surface area contributed by atoms with E-state index in [-0.39, 0.29) is 5.91 Å². The first-order chi connectivity index (χ1) is 10.2. The Balaban J connectivity index is 2.00. The van der Waals surface area contributed by atoms with Crippen LogP contribution in [0.4, 0.5) is 0 Å². The zero-order valence-corrected chi connectivity index (χ0v) is 12.5. The molecule has 1 aliphatic heterocycles. The lowest BCUT2D eigenvalue weighted by Crippen LogP contribution is -2.23. The Morgan fingerprint density at radius 2 is 2.19 bits per heavy atom. The van der Waals surface area contributed by atoms with Gasteiger partial charge >= 0.3 is 0 Å². The van der Waals surface area contributed by atoms with Crippen LogP contribution < -0.4 is 10.1 Å². The number of hydrogen-bond acceptors (Lipinski definition) is 4. The largest absolute Gasteiger partial charge is 0.496 e. The molecule has 1 aromatic carbocycles. The summed E-state index contributed by atoms with van der Waals surface area (Å²) in [5.41, 5.74) is 2.34. The lowest BCUT2D eigenvalue weighted by Gasteiger charge is -2.05. The average molecular weight is 298 g/mol. The van der Waals surface area contributed by atoms with Crippen molar-refractivity contribution in [3.63, 3.8) is 0 Å². The van der Waals surface area contributed by atoms with Crippen molar-refractivity contribution in [3.05, 3.63) is 57.4 Å². The summed E-state index contributed by atoms with van der Waals surface area (Å²) in [7, 11) is 1.61. The molecule has 0 saturated carbocycles. The van der Waals surface area contributed by atoms with E-state index in [0.29, 0.717) is 11.5 Å². The zero-order chi connectivity index (χ0) is 14.8. The summed E-state index contributed by atoms with van der Waals surface area (Å²) in [6.45, 7) is 2.00. The number of nitrogens with zero attached hydrogens (tertiary/aromatic N) is 1. The molecular formula is C16H14N2O2S. The van der Waals surface area contributed by atoms with E-state index >= 15 is 0 Å². The third kappa shape index (κ3) is 2.73. The molecule has 2 aromatic rings. The highest BCUT2D eigenvalue weighted by atomic mass is 32.1. The van der Waals surface area contributed by atoms with Crippen molar-refractivity contribution in [1.82, 2.24) is 5.32 Å². The lowest BCUT2D eigenvalue weighted by atomic mass is 10.1. The fourth-order valence-corrected chi connectivity index (χ4v) is 2.78. The van der Waals surface area contributed by atoms with E-state index < -0.39 is 0 Å². The predicted molar refractivity (Wildman–Crippen MR) is 84.7 cm³/mol. The van der Waals surface area contributed by atoms with E-state index in [2.05, 4.69) is 10.3 Å². The van der Waals surface area contributed by atoms with Crippen molar-refractivity contribution < 1.29 is 9.53 Å². The summed E-state index contributed by atoms with van der Waals surface area (Å²) >= 11 is 1.54. The highest BCUT2D eigenvalue weighted by Crippen LogP contribution is 2.24. The van der Waals surface area contributed by atoms with Crippen LogP contribution in [0.15, 0.2) is 46.4 Å². The van der Waals surface area contributed by atoms with Gasteiger partial charge in [-0.15, -0.1) is 11.3 Å². The van der Waals surface area contributed by atoms with E-state index in [4.69, 9.17) is 4.74 Å². The van der Waals surface area contributed by atoms with Crippen LogP contribution in [0, 0.1) is 6.92 Å². The third-order valence-electron chi connectivity index (χ3n) is 3.13. The summed E-state index contributed by atoms with van der Waals surface area (Å²) in [6, 6.07) is 9.69. The molecule has 0 atom stereocenters. The summed E-state index contributed by atoms with van der Waals surface area (Å²) in [5.74, 6) is 1.13. The van der Waals surface area contributed by atoms with Crippen molar-refractivity contribution >= 4 is 29.2 Å². The number of thiophene rings is 1. The SMILES string of the molecule is COc1ccc(C)cc1/C=C1/N=C(c2cccs2)NC1=O. The highest BCUT2D eigenvalue weighted by molar-refractivity contribution is 7.12. The Hall–Kier alpha value is -2.40. The molecule has 0 spiro atoms. The van der Waals surface area contributed by atoms with Crippen LogP contribution in [0.25, 0.3) is 6.08 Å².